The largest absolute Gasteiger partial charge is 0.497 e. The Morgan fingerprint density at radius 3 is 3.16 bits per heavy atom. The maximum Gasteiger partial charge on any atom is 0.123 e. The molecule has 6 heteroatoms. The van der Waals surface area contributed by atoms with Crippen molar-refractivity contribution in [3.8, 4) is 16.3 Å². The lowest BCUT2D eigenvalue weighted by Gasteiger charge is -2.37. The smallest absolute Gasteiger partial charge is 0.123 e. The number of fused-ring (bicyclic) bond motifs is 1. The van der Waals surface area contributed by atoms with Gasteiger partial charge in [0.15, 0.2) is 0 Å². The summed E-state index contributed by atoms with van der Waals surface area (Å²) in [5, 5.41) is 10.5. The standard InChI is InChI=1S/C19H24N2O3S/c1-23-15-4-2-3-14(9-15)19-20-10-16(25-19)11-21-5-6-24-18-8-13(12-22)7-17(18)21/h2-4,9-10,13,17-18,22H,5-8,11-12H2,1H3/t13-,17+,18+/m1/s1. The molecule has 1 aliphatic heterocycles. The summed E-state index contributed by atoms with van der Waals surface area (Å²) in [5.41, 5.74) is 1.09. The lowest BCUT2D eigenvalue weighted by atomic mass is 10.1. The molecule has 5 nitrogen and oxygen atoms in total. The second kappa shape index (κ2) is 7.41. The van der Waals surface area contributed by atoms with Crippen molar-refractivity contribution in [3.05, 3.63) is 35.3 Å². The number of methoxy groups -OCH3 is 1. The van der Waals surface area contributed by atoms with Gasteiger partial charge in [-0.2, -0.15) is 0 Å². The van der Waals surface area contributed by atoms with Crippen LogP contribution in [0.2, 0.25) is 0 Å². The van der Waals surface area contributed by atoms with E-state index in [9.17, 15) is 5.11 Å². The molecule has 4 rings (SSSR count). The quantitative estimate of drug-likeness (QED) is 0.889. The normalized spacial score (nSPS) is 26.6. The van der Waals surface area contributed by atoms with Crippen molar-refractivity contribution in [2.24, 2.45) is 5.92 Å². The van der Waals surface area contributed by atoms with E-state index in [-0.39, 0.29) is 12.7 Å². The Hall–Kier alpha value is -1.47. The average Bonchev–Trinajstić information content (AvgIpc) is 3.29. The summed E-state index contributed by atoms with van der Waals surface area (Å²) >= 11 is 1.74. The van der Waals surface area contributed by atoms with Crippen LogP contribution in [-0.4, -0.2) is 54.0 Å². The van der Waals surface area contributed by atoms with Crippen molar-refractivity contribution in [2.75, 3.05) is 26.9 Å². The molecule has 0 radical (unpaired) electrons. The maximum absolute atomic E-state index is 9.47. The van der Waals surface area contributed by atoms with E-state index in [0.717, 1.165) is 48.9 Å². The third-order valence-electron chi connectivity index (χ3n) is 5.24. The Labute approximate surface area is 152 Å². The summed E-state index contributed by atoms with van der Waals surface area (Å²) in [7, 11) is 1.68. The molecule has 2 aromatic rings. The van der Waals surface area contributed by atoms with E-state index in [4.69, 9.17) is 9.47 Å². The first-order valence-electron chi connectivity index (χ1n) is 8.82. The van der Waals surface area contributed by atoms with Crippen molar-refractivity contribution < 1.29 is 14.6 Å². The molecule has 0 unspecified atom stereocenters. The van der Waals surface area contributed by atoms with E-state index in [0.29, 0.717) is 12.0 Å². The van der Waals surface area contributed by atoms with Crippen LogP contribution >= 0.6 is 11.3 Å². The fourth-order valence-corrected chi connectivity index (χ4v) is 4.88. The van der Waals surface area contributed by atoms with Gasteiger partial charge in [0.05, 0.1) is 19.8 Å². The summed E-state index contributed by atoms with van der Waals surface area (Å²) < 4.78 is 11.2. The van der Waals surface area contributed by atoms with Gasteiger partial charge < -0.3 is 14.6 Å². The molecule has 1 aliphatic carbocycles. The van der Waals surface area contributed by atoms with E-state index in [1.165, 1.54) is 4.88 Å². The highest BCUT2D eigenvalue weighted by Gasteiger charge is 2.40. The van der Waals surface area contributed by atoms with Gasteiger partial charge in [0.1, 0.15) is 10.8 Å². The number of aliphatic hydroxyl groups is 1. The number of hydrogen-bond donors (Lipinski definition) is 1. The van der Waals surface area contributed by atoms with Crippen molar-refractivity contribution in [2.45, 2.75) is 31.5 Å². The number of hydrogen-bond acceptors (Lipinski definition) is 6. The van der Waals surface area contributed by atoms with Crippen molar-refractivity contribution >= 4 is 11.3 Å². The minimum atomic E-state index is 0.269. The number of aliphatic hydroxyl groups excluding tert-OH is 1. The van der Waals surface area contributed by atoms with Crippen molar-refractivity contribution in [1.29, 1.82) is 0 Å². The van der Waals surface area contributed by atoms with Crippen LogP contribution in [0.5, 0.6) is 5.75 Å². The molecule has 2 fully saturated rings. The van der Waals surface area contributed by atoms with Crippen LogP contribution in [0.25, 0.3) is 10.6 Å². The summed E-state index contributed by atoms with van der Waals surface area (Å²) in [6, 6.07) is 8.46. The first kappa shape index (κ1) is 17.0. The third-order valence-corrected chi connectivity index (χ3v) is 6.27. The number of benzene rings is 1. The predicted octanol–water partition coefficient (Wildman–Crippen LogP) is 2.79. The highest BCUT2D eigenvalue weighted by molar-refractivity contribution is 7.15. The van der Waals surface area contributed by atoms with Crippen molar-refractivity contribution in [3.63, 3.8) is 0 Å². The maximum atomic E-state index is 9.47. The highest BCUT2D eigenvalue weighted by atomic mass is 32.1. The van der Waals surface area contributed by atoms with Gasteiger partial charge in [-0.3, -0.25) is 4.90 Å². The minimum Gasteiger partial charge on any atom is -0.497 e. The molecule has 3 atom stereocenters. The van der Waals surface area contributed by atoms with E-state index < -0.39 is 0 Å². The molecule has 1 aromatic carbocycles. The summed E-state index contributed by atoms with van der Waals surface area (Å²) in [6.07, 6.45) is 4.28. The molecular formula is C19H24N2O3S. The molecule has 1 saturated carbocycles. The molecule has 2 aliphatic rings. The zero-order chi connectivity index (χ0) is 17.2. The molecular weight excluding hydrogens is 336 g/mol. The molecule has 0 amide bonds. The topological polar surface area (TPSA) is 54.8 Å². The van der Waals surface area contributed by atoms with E-state index >= 15 is 0 Å². The monoisotopic (exact) mass is 360 g/mol. The van der Waals surface area contributed by atoms with Gasteiger partial charge in [-0.15, -0.1) is 11.3 Å². The SMILES string of the molecule is COc1cccc(-c2ncc(CN3CCO[C@H]4C[C@H](CO)C[C@@H]43)s2)c1. The predicted molar refractivity (Wildman–Crippen MR) is 97.8 cm³/mol. The summed E-state index contributed by atoms with van der Waals surface area (Å²) in [6.45, 7) is 2.90. The highest BCUT2D eigenvalue weighted by Crippen LogP contribution is 2.36. The Morgan fingerprint density at radius 2 is 2.32 bits per heavy atom. The van der Waals surface area contributed by atoms with Gasteiger partial charge in [-0.05, 0) is 30.9 Å². The molecule has 2 heterocycles. The van der Waals surface area contributed by atoms with E-state index in [1.807, 2.05) is 24.4 Å². The Balaban J connectivity index is 1.47. The van der Waals surface area contributed by atoms with Crippen LogP contribution in [0, 0.1) is 5.92 Å². The van der Waals surface area contributed by atoms with Gasteiger partial charge in [0, 0.05) is 42.4 Å². The zero-order valence-electron chi connectivity index (χ0n) is 14.4. The van der Waals surface area contributed by atoms with Crippen LogP contribution in [0.3, 0.4) is 0 Å². The van der Waals surface area contributed by atoms with Crippen LogP contribution in [0.15, 0.2) is 30.5 Å². The van der Waals surface area contributed by atoms with Gasteiger partial charge in [-0.1, -0.05) is 12.1 Å². The first-order valence-corrected chi connectivity index (χ1v) is 9.64. The Kier molecular flexibility index (Phi) is 5.03. The number of rotatable bonds is 5. The summed E-state index contributed by atoms with van der Waals surface area (Å²) in [5.74, 6) is 1.23. The molecule has 0 bridgehead atoms. The second-order valence-corrected chi connectivity index (χ2v) is 7.95. The first-order chi connectivity index (χ1) is 12.3. The van der Waals surface area contributed by atoms with Gasteiger partial charge in [0.25, 0.3) is 0 Å². The lowest BCUT2D eigenvalue weighted by molar-refractivity contribution is -0.0587. The molecule has 1 saturated heterocycles. The molecule has 1 aromatic heterocycles. The second-order valence-electron chi connectivity index (χ2n) is 6.83. The Bertz CT molecular complexity index is 720. The van der Waals surface area contributed by atoms with E-state index in [1.54, 1.807) is 18.4 Å². The van der Waals surface area contributed by atoms with Gasteiger partial charge in [0.2, 0.25) is 0 Å². The zero-order valence-corrected chi connectivity index (χ0v) is 15.2. The van der Waals surface area contributed by atoms with Crippen LogP contribution in [-0.2, 0) is 11.3 Å². The van der Waals surface area contributed by atoms with Crippen LogP contribution in [0.4, 0.5) is 0 Å². The number of ether oxygens (including phenoxy) is 2. The molecule has 134 valence electrons. The fourth-order valence-electron chi connectivity index (χ4n) is 3.94. The van der Waals surface area contributed by atoms with E-state index in [2.05, 4.69) is 16.0 Å². The summed E-state index contributed by atoms with van der Waals surface area (Å²) in [4.78, 5) is 8.39. The van der Waals surface area contributed by atoms with Gasteiger partial charge >= 0.3 is 0 Å². The number of thiazole rings is 1. The van der Waals surface area contributed by atoms with Crippen LogP contribution in [0.1, 0.15) is 17.7 Å². The molecule has 1 N–H and O–H groups in total. The Morgan fingerprint density at radius 1 is 1.40 bits per heavy atom. The molecule has 0 spiro atoms. The number of nitrogens with zero attached hydrogens (tertiary/aromatic N) is 2. The van der Waals surface area contributed by atoms with Crippen LogP contribution < -0.4 is 4.74 Å². The van der Waals surface area contributed by atoms with Gasteiger partial charge in [-0.25, -0.2) is 4.98 Å². The fraction of sp³-hybridized carbons (Fsp3) is 0.526. The lowest BCUT2D eigenvalue weighted by Crippen LogP contribution is -2.47. The average molecular weight is 360 g/mol. The minimum absolute atomic E-state index is 0.269. The third kappa shape index (κ3) is 3.58. The van der Waals surface area contributed by atoms with Crippen molar-refractivity contribution in [1.82, 2.24) is 9.88 Å². The number of morpholine rings is 1. The molecule has 25 heavy (non-hydrogen) atoms. The number of aromatic nitrogens is 1.